The number of esters is 1. The van der Waals surface area contributed by atoms with Crippen LogP contribution in [0.4, 0.5) is 4.39 Å². The van der Waals surface area contributed by atoms with Crippen LogP contribution in [0.2, 0.25) is 0 Å². The van der Waals surface area contributed by atoms with Gasteiger partial charge in [-0.1, -0.05) is 25.7 Å². The maximum absolute atomic E-state index is 12.3. The first-order chi connectivity index (χ1) is 7.09. The molecule has 0 spiro atoms. The lowest BCUT2D eigenvalue weighted by Gasteiger charge is -2.14. The van der Waals surface area contributed by atoms with Gasteiger partial charge in [-0.15, -0.1) is 0 Å². The van der Waals surface area contributed by atoms with Crippen molar-refractivity contribution in [2.45, 2.75) is 26.2 Å². The SMILES string of the molecule is C=C(F)C(=O)OCC(C)CC1C=CCC1. The maximum atomic E-state index is 12.3. The molecule has 0 aliphatic heterocycles. The molecule has 0 saturated carbocycles. The van der Waals surface area contributed by atoms with E-state index in [2.05, 4.69) is 18.7 Å². The van der Waals surface area contributed by atoms with Crippen LogP contribution in [0.3, 0.4) is 0 Å². The molecule has 1 rings (SSSR count). The van der Waals surface area contributed by atoms with Gasteiger partial charge >= 0.3 is 5.97 Å². The lowest BCUT2D eigenvalue weighted by atomic mass is 9.96. The van der Waals surface area contributed by atoms with E-state index in [4.69, 9.17) is 4.74 Å². The normalized spacial score (nSPS) is 21.3. The van der Waals surface area contributed by atoms with Gasteiger partial charge < -0.3 is 4.74 Å². The molecular weight excluding hydrogens is 195 g/mol. The van der Waals surface area contributed by atoms with E-state index in [1.807, 2.05) is 6.92 Å². The maximum Gasteiger partial charge on any atom is 0.366 e. The predicted molar refractivity (Wildman–Crippen MR) is 56.9 cm³/mol. The Bertz CT molecular complexity index is 271. The summed E-state index contributed by atoms with van der Waals surface area (Å²) in [6, 6.07) is 0. The number of hydrogen-bond donors (Lipinski definition) is 0. The Hall–Kier alpha value is -1.12. The lowest BCUT2D eigenvalue weighted by Crippen LogP contribution is -2.14. The number of hydrogen-bond acceptors (Lipinski definition) is 2. The molecule has 2 unspecified atom stereocenters. The number of allylic oxidation sites excluding steroid dienone is 2. The van der Waals surface area contributed by atoms with Crippen molar-refractivity contribution in [2.24, 2.45) is 11.8 Å². The number of halogens is 1. The highest BCUT2D eigenvalue weighted by Crippen LogP contribution is 2.24. The Morgan fingerprint density at radius 2 is 2.47 bits per heavy atom. The largest absolute Gasteiger partial charge is 0.460 e. The van der Waals surface area contributed by atoms with Crippen LogP contribution in [0, 0.1) is 11.8 Å². The standard InChI is InChI=1S/C12H17FO2/c1-9(7-11-5-3-4-6-11)8-15-12(14)10(2)13/h3,5,9,11H,2,4,6-8H2,1H3. The topological polar surface area (TPSA) is 26.3 Å². The Morgan fingerprint density at radius 3 is 3.00 bits per heavy atom. The van der Waals surface area contributed by atoms with Crippen molar-refractivity contribution in [3.8, 4) is 0 Å². The number of ether oxygens (including phenoxy) is 1. The first kappa shape index (κ1) is 12.0. The summed E-state index contributed by atoms with van der Waals surface area (Å²) < 4.78 is 17.0. The molecule has 1 aliphatic carbocycles. The van der Waals surface area contributed by atoms with Crippen LogP contribution in [0.15, 0.2) is 24.6 Å². The van der Waals surface area contributed by atoms with Gasteiger partial charge in [-0.25, -0.2) is 4.79 Å². The molecule has 0 fully saturated rings. The highest BCUT2D eigenvalue weighted by molar-refractivity contribution is 5.85. The summed E-state index contributed by atoms with van der Waals surface area (Å²) in [7, 11) is 0. The van der Waals surface area contributed by atoms with Crippen LogP contribution in [-0.4, -0.2) is 12.6 Å². The Kier molecular flexibility index (Phi) is 4.53. The predicted octanol–water partition coefficient (Wildman–Crippen LogP) is 3.01. The summed E-state index contributed by atoms with van der Waals surface area (Å²) in [5, 5.41) is 0. The van der Waals surface area contributed by atoms with E-state index < -0.39 is 11.8 Å². The van der Waals surface area contributed by atoms with Gasteiger partial charge in [-0.3, -0.25) is 0 Å². The van der Waals surface area contributed by atoms with E-state index >= 15 is 0 Å². The zero-order chi connectivity index (χ0) is 11.3. The first-order valence-corrected chi connectivity index (χ1v) is 5.27. The average molecular weight is 212 g/mol. The van der Waals surface area contributed by atoms with E-state index in [0.29, 0.717) is 5.92 Å². The first-order valence-electron chi connectivity index (χ1n) is 5.27. The van der Waals surface area contributed by atoms with E-state index in [1.54, 1.807) is 0 Å². The minimum Gasteiger partial charge on any atom is -0.460 e. The van der Waals surface area contributed by atoms with Crippen LogP contribution < -0.4 is 0 Å². The lowest BCUT2D eigenvalue weighted by molar-refractivity contribution is -0.142. The molecule has 0 N–H and O–H groups in total. The highest BCUT2D eigenvalue weighted by atomic mass is 19.1. The van der Waals surface area contributed by atoms with Crippen LogP contribution in [0.5, 0.6) is 0 Å². The Labute approximate surface area is 89.8 Å². The fraction of sp³-hybridized carbons (Fsp3) is 0.583. The van der Waals surface area contributed by atoms with Crippen molar-refractivity contribution < 1.29 is 13.9 Å². The monoisotopic (exact) mass is 212 g/mol. The van der Waals surface area contributed by atoms with Gasteiger partial charge in [0.05, 0.1) is 6.61 Å². The van der Waals surface area contributed by atoms with Gasteiger partial charge in [0, 0.05) is 0 Å². The molecule has 0 amide bonds. The average Bonchev–Trinajstić information content (AvgIpc) is 2.66. The minimum absolute atomic E-state index is 0.265. The second kappa shape index (κ2) is 5.69. The molecule has 0 bridgehead atoms. The molecule has 3 heteroatoms. The van der Waals surface area contributed by atoms with E-state index in [9.17, 15) is 9.18 Å². The molecule has 0 aromatic heterocycles. The molecule has 0 radical (unpaired) electrons. The van der Waals surface area contributed by atoms with E-state index in [-0.39, 0.29) is 12.5 Å². The molecule has 2 atom stereocenters. The molecular formula is C12H17FO2. The summed E-state index contributed by atoms with van der Waals surface area (Å²) in [5.41, 5.74) is 0. The molecule has 0 aromatic carbocycles. The Morgan fingerprint density at radius 1 is 1.73 bits per heavy atom. The second-order valence-corrected chi connectivity index (χ2v) is 4.11. The van der Waals surface area contributed by atoms with Crippen molar-refractivity contribution in [1.29, 1.82) is 0 Å². The van der Waals surface area contributed by atoms with Crippen molar-refractivity contribution in [3.05, 3.63) is 24.6 Å². The summed E-state index contributed by atoms with van der Waals surface area (Å²) >= 11 is 0. The number of rotatable bonds is 5. The molecule has 0 aromatic rings. The summed E-state index contributed by atoms with van der Waals surface area (Å²) in [6.07, 6.45) is 7.67. The van der Waals surface area contributed by atoms with Crippen molar-refractivity contribution in [2.75, 3.05) is 6.61 Å². The van der Waals surface area contributed by atoms with Crippen LogP contribution in [-0.2, 0) is 9.53 Å². The smallest absolute Gasteiger partial charge is 0.366 e. The molecule has 2 nitrogen and oxygen atoms in total. The fourth-order valence-corrected chi connectivity index (χ4v) is 1.77. The third-order valence-corrected chi connectivity index (χ3v) is 2.54. The highest BCUT2D eigenvalue weighted by Gasteiger charge is 2.15. The third kappa shape index (κ3) is 4.28. The summed E-state index contributed by atoms with van der Waals surface area (Å²) in [4.78, 5) is 10.8. The zero-order valence-electron chi connectivity index (χ0n) is 9.04. The van der Waals surface area contributed by atoms with Crippen LogP contribution in [0.1, 0.15) is 26.2 Å². The second-order valence-electron chi connectivity index (χ2n) is 4.11. The Balaban J connectivity index is 2.18. The van der Waals surface area contributed by atoms with Gasteiger partial charge in [0.2, 0.25) is 5.83 Å². The molecule has 15 heavy (non-hydrogen) atoms. The van der Waals surface area contributed by atoms with Crippen molar-refractivity contribution in [1.82, 2.24) is 0 Å². The number of carbonyl (C=O) groups excluding carboxylic acids is 1. The third-order valence-electron chi connectivity index (χ3n) is 2.54. The summed E-state index contributed by atoms with van der Waals surface area (Å²) in [6.45, 7) is 5.15. The van der Waals surface area contributed by atoms with Gasteiger partial charge in [0.15, 0.2) is 0 Å². The van der Waals surface area contributed by atoms with Gasteiger partial charge in [-0.2, -0.15) is 4.39 Å². The fourth-order valence-electron chi connectivity index (χ4n) is 1.77. The van der Waals surface area contributed by atoms with Gasteiger partial charge in [0.25, 0.3) is 0 Å². The molecule has 1 aliphatic rings. The van der Waals surface area contributed by atoms with E-state index in [0.717, 1.165) is 12.8 Å². The van der Waals surface area contributed by atoms with Crippen molar-refractivity contribution in [3.63, 3.8) is 0 Å². The summed E-state index contributed by atoms with van der Waals surface area (Å²) in [5.74, 6) is -1.11. The zero-order valence-corrected chi connectivity index (χ0v) is 9.04. The van der Waals surface area contributed by atoms with Gasteiger partial charge in [-0.05, 0) is 31.1 Å². The van der Waals surface area contributed by atoms with Crippen LogP contribution >= 0.6 is 0 Å². The van der Waals surface area contributed by atoms with Crippen molar-refractivity contribution >= 4 is 5.97 Å². The van der Waals surface area contributed by atoms with E-state index in [1.165, 1.54) is 6.42 Å². The van der Waals surface area contributed by atoms with Gasteiger partial charge in [0.1, 0.15) is 0 Å². The minimum atomic E-state index is -1.03. The molecule has 84 valence electrons. The number of carbonyl (C=O) groups is 1. The quantitative estimate of drug-likeness (QED) is 0.398. The molecule has 0 heterocycles. The van der Waals surface area contributed by atoms with Crippen LogP contribution in [0.25, 0.3) is 0 Å². The molecule has 0 saturated heterocycles.